The third-order valence-electron chi connectivity index (χ3n) is 3.61. The van der Waals surface area contributed by atoms with E-state index in [0.29, 0.717) is 0 Å². The minimum Gasteiger partial charge on any atom is -0.493 e. The van der Waals surface area contributed by atoms with E-state index < -0.39 is 0 Å². The second kappa shape index (κ2) is 19.1. The molecule has 0 amide bonds. The highest BCUT2D eigenvalue weighted by molar-refractivity contribution is 5.35. The van der Waals surface area contributed by atoms with Crippen molar-refractivity contribution >= 4 is 0 Å². The highest BCUT2D eigenvalue weighted by Gasteiger charge is 2.08. The molecule has 26 heavy (non-hydrogen) atoms. The third-order valence-corrected chi connectivity index (χ3v) is 3.61. The molecule has 0 bridgehead atoms. The summed E-state index contributed by atoms with van der Waals surface area (Å²) in [6.45, 7) is 20.9. The summed E-state index contributed by atoms with van der Waals surface area (Å²) in [5.74, 6) is 1.07. The van der Waals surface area contributed by atoms with Crippen molar-refractivity contribution in [1.29, 1.82) is 0 Å². The standard InChI is InChI=1S/C9H10.C8H8O.2C2H6.2C2H4/c1-2-5-9-7-3-6-8(9)4-1;1-2-4-8-7(3-1)5-6-9-8;4*1-2/h1-2,4-5H,3,6-7H2;1-4H,5-6H2;2*1-2H3;2*1-2H2. The topological polar surface area (TPSA) is 9.23 Å². The summed E-state index contributed by atoms with van der Waals surface area (Å²) in [4.78, 5) is 0. The molecule has 0 spiro atoms. The van der Waals surface area contributed by atoms with E-state index in [4.69, 9.17) is 4.74 Å². The molecule has 144 valence electrons. The molecule has 1 aliphatic heterocycles. The van der Waals surface area contributed by atoms with Crippen LogP contribution in [0.3, 0.4) is 0 Å². The van der Waals surface area contributed by atoms with Crippen LogP contribution in [-0.4, -0.2) is 6.61 Å². The van der Waals surface area contributed by atoms with Gasteiger partial charge in [-0.05, 0) is 42.0 Å². The average Bonchev–Trinajstić information content (AvgIpc) is 3.44. The second-order valence-electron chi connectivity index (χ2n) is 4.83. The van der Waals surface area contributed by atoms with Crippen LogP contribution in [0.1, 0.15) is 50.8 Å². The molecule has 1 heterocycles. The SMILES string of the molecule is C=C.C=C.CC.CC.c1ccc2c(c1)CCC2.c1ccc2c(c1)CCO2. The van der Waals surface area contributed by atoms with Crippen LogP contribution in [0.2, 0.25) is 0 Å². The van der Waals surface area contributed by atoms with Crippen molar-refractivity contribution in [2.75, 3.05) is 6.61 Å². The summed E-state index contributed by atoms with van der Waals surface area (Å²) in [5, 5.41) is 0. The van der Waals surface area contributed by atoms with Gasteiger partial charge in [0.2, 0.25) is 0 Å². The number of rotatable bonds is 0. The van der Waals surface area contributed by atoms with Crippen LogP contribution in [0.25, 0.3) is 0 Å². The Hall–Kier alpha value is -2.28. The van der Waals surface area contributed by atoms with Gasteiger partial charge in [0.15, 0.2) is 0 Å². The molecule has 0 N–H and O–H groups in total. The van der Waals surface area contributed by atoms with Crippen LogP contribution in [0.5, 0.6) is 5.75 Å². The first-order chi connectivity index (χ1) is 12.9. The van der Waals surface area contributed by atoms with Crippen molar-refractivity contribution < 1.29 is 4.74 Å². The quantitative estimate of drug-likeness (QED) is 0.446. The van der Waals surface area contributed by atoms with Gasteiger partial charge in [0.1, 0.15) is 5.75 Å². The van der Waals surface area contributed by atoms with Gasteiger partial charge in [0.25, 0.3) is 0 Å². The first kappa shape index (κ1) is 26.0. The van der Waals surface area contributed by atoms with E-state index in [-0.39, 0.29) is 0 Å². The molecule has 2 aromatic rings. The monoisotopic (exact) mass is 354 g/mol. The Bertz CT molecular complexity index is 462. The highest BCUT2D eigenvalue weighted by atomic mass is 16.5. The molecule has 1 nitrogen and oxygen atoms in total. The Morgan fingerprint density at radius 3 is 1.50 bits per heavy atom. The third kappa shape index (κ3) is 9.27. The fraction of sp³-hybridized carbons (Fsp3) is 0.360. The fourth-order valence-electron chi connectivity index (χ4n) is 2.64. The van der Waals surface area contributed by atoms with E-state index in [9.17, 15) is 0 Å². The first-order valence-corrected chi connectivity index (χ1v) is 9.71. The first-order valence-electron chi connectivity index (χ1n) is 9.71. The highest BCUT2D eigenvalue weighted by Crippen LogP contribution is 2.23. The largest absolute Gasteiger partial charge is 0.493 e. The Labute approximate surface area is 162 Å². The number of aryl methyl sites for hydroxylation is 2. The van der Waals surface area contributed by atoms with Gasteiger partial charge in [-0.15, -0.1) is 26.3 Å². The van der Waals surface area contributed by atoms with Gasteiger partial charge in [-0.1, -0.05) is 70.2 Å². The zero-order valence-corrected chi connectivity index (χ0v) is 17.4. The van der Waals surface area contributed by atoms with E-state index in [2.05, 4.69) is 56.6 Å². The second-order valence-corrected chi connectivity index (χ2v) is 4.83. The lowest BCUT2D eigenvalue weighted by Crippen LogP contribution is -1.85. The van der Waals surface area contributed by atoms with E-state index in [1.54, 1.807) is 11.1 Å². The fourth-order valence-corrected chi connectivity index (χ4v) is 2.64. The Balaban J connectivity index is 0. The van der Waals surface area contributed by atoms with E-state index in [1.807, 2.05) is 45.9 Å². The molecule has 0 radical (unpaired) electrons. The smallest absolute Gasteiger partial charge is 0.122 e. The van der Waals surface area contributed by atoms with Crippen molar-refractivity contribution in [1.82, 2.24) is 0 Å². The number of benzene rings is 2. The van der Waals surface area contributed by atoms with Gasteiger partial charge in [-0.25, -0.2) is 0 Å². The van der Waals surface area contributed by atoms with Gasteiger partial charge in [0.05, 0.1) is 6.61 Å². The summed E-state index contributed by atoms with van der Waals surface area (Å²) >= 11 is 0. The lowest BCUT2D eigenvalue weighted by Gasteiger charge is -1.93. The molecule has 0 saturated carbocycles. The summed E-state index contributed by atoms with van der Waals surface area (Å²) in [6.07, 6.45) is 5.04. The van der Waals surface area contributed by atoms with E-state index in [0.717, 1.165) is 18.8 Å². The van der Waals surface area contributed by atoms with Crippen molar-refractivity contribution in [2.45, 2.75) is 53.4 Å². The maximum Gasteiger partial charge on any atom is 0.122 e. The maximum atomic E-state index is 5.30. The molecule has 1 aliphatic carbocycles. The summed E-state index contributed by atoms with van der Waals surface area (Å²) in [7, 11) is 0. The Morgan fingerprint density at radius 1 is 0.615 bits per heavy atom. The molecule has 0 saturated heterocycles. The predicted octanol–water partition coefficient (Wildman–Crippen LogP) is 7.45. The van der Waals surface area contributed by atoms with Gasteiger partial charge < -0.3 is 4.74 Å². The molecule has 1 heteroatoms. The molecule has 4 rings (SSSR count). The zero-order valence-electron chi connectivity index (χ0n) is 17.4. The summed E-state index contributed by atoms with van der Waals surface area (Å²) in [5.41, 5.74) is 4.48. The van der Waals surface area contributed by atoms with Crippen LogP contribution in [0.4, 0.5) is 0 Å². The number of fused-ring (bicyclic) bond motifs is 2. The summed E-state index contributed by atoms with van der Waals surface area (Å²) < 4.78 is 5.30. The number of hydrogen-bond donors (Lipinski definition) is 0. The molecule has 2 aliphatic rings. The van der Waals surface area contributed by atoms with E-state index >= 15 is 0 Å². The lowest BCUT2D eigenvalue weighted by molar-refractivity contribution is 0.357. The summed E-state index contributed by atoms with van der Waals surface area (Å²) in [6, 6.07) is 16.9. The van der Waals surface area contributed by atoms with Gasteiger partial charge in [-0.2, -0.15) is 0 Å². The minimum absolute atomic E-state index is 0.860. The van der Waals surface area contributed by atoms with Crippen molar-refractivity contribution in [3.8, 4) is 5.75 Å². The molecule has 0 fully saturated rings. The van der Waals surface area contributed by atoms with E-state index in [1.165, 1.54) is 24.8 Å². The van der Waals surface area contributed by atoms with Crippen LogP contribution in [-0.2, 0) is 19.3 Å². The maximum absolute atomic E-state index is 5.30. The predicted molar refractivity (Wildman–Crippen MR) is 119 cm³/mol. The molecule has 2 aromatic carbocycles. The van der Waals surface area contributed by atoms with Crippen LogP contribution < -0.4 is 4.74 Å². The van der Waals surface area contributed by atoms with Crippen LogP contribution >= 0.6 is 0 Å². The number of hydrogen-bond acceptors (Lipinski definition) is 1. The average molecular weight is 355 g/mol. The van der Waals surface area contributed by atoms with Gasteiger partial charge in [-0.3, -0.25) is 0 Å². The molecular formula is C25H38O. The molecular weight excluding hydrogens is 316 g/mol. The minimum atomic E-state index is 0.860. The number of ether oxygens (including phenoxy) is 1. The lowest BCUT2D eigenvalue weighted by atomic mass is 10.1. The molecule has 0 unspecified atom stereocenters. The molecule has 0 atom stereocenters. The van der Waals surface area contributed by atoms with Crippen molar-refractivity contribution in [3.05, 3.63) is 91.5 Å². The van der Waals surface area contributed by atoms with Crippen LogP contribution in [0.15, 0.2) is 74.8 Å². The van der Waals surface area contributed by atoms with Crippen molar-refractivity contribution in [2.24, 2.45) is 0 Å². The molecule has 0 aromatic heterocycles. The normalized spacial score (nSPS) is 11.2. The van der Waals surface area contributed by atoms with Gasteiger partial charge >= 0.3 is 0 Å². The Morgan fingerprint density at radius 2 is 1.04 bits per heavy atom. The Kier molecular flexibility index (Phi) is 19.0. The van der Waals surface area contributed by atoms with Crippen LogP contribution in [0, 0.1) is 0 Å². The van der Waals surface area contributed by atoms with Crippen molar-refractivity contribution in [3.63, 3.8) is 0 Å². The zero-order chi connectivity index (χ0) is 20.2. The number of para-hydroxylation sites is 1. The van der Waals surface area contributed by atoms with Gasteiger partial charge in [0, 0.05) is 6.42 Å².